The minimum absolute atomic E-state index is 0.163. The molecule has 2 rings (SSSR count). The lowest BCUT2D eigenvalue weighted by atomic mass is 10.0. The number of hydrogen-bond donors (Lipinski definition) is 1. The van der Waals surface area contributed by atoms with Gasteiger partial charge in [-0.1, -0.05) is 18.2 Å². The van der Waals surface area contributed by atoms with Gasteiger partial charge in [-0.2, -0.15) is 8.78 Å². The van der Waals surface area contributed by atoms with E-state index >= 15 is 0 Å². The van der Waals surface area contributed by atoms with Gasteiger partial charge in [-0.15, -0.1) is 0 Å². The number of ether oxygens (including phenoxy) is 2. The van der Waals surface area contributed by atoms with Gasteiger partial charge in [0.25, 0.3) is 0 Å². The van der Waals surface area contributed by atoms with Crippen molar-refractivity contribution in [2.24, 2.45) is 0 Å². The third-order valence-corrected chi connectivity index (χ3v) is 3.65. The molecular formula is C17H24F2N2O3. The van der Waals surface area contributed by atoms with Gasteiger partial charge in [0.2, 0.25) is 0 Å². The predicted octanol–water partition coefficient (Wildman–Crippen LogP) is 3.48. The topological polar surface area (TPSA) is 50.8 Å². The molecule has 1 aromatic carbocycles. The summed E-state index contributed by atoms with van der Waals surface area (Å²) in [6.07, 6.45) is -0.405. The molecule has 0 radical (unpaired) electrons. The number of halogens is 2. The molecule has 1 unspecified atom stereocenters. The Morgan fingerprint density at radius 3 is 2.71 bits per heavy atom. The second-order valence-electron chi connectivity index (χ2n) is 6.80. The van der Waals surface area contributed by atoms with Crippen LogP contribution in [-0.4, -0.2) is 42.8 Å². The number of amides is 1. The number of rotatable bonds is 3. The normalized spacial score (nSPS) is 18.6. The van der Waals surface area contributed by atoms with Crippen LogP contribution in [0.4, 0.5) is 13.6 Å². The van der Waals surface area contributed by atoms with Crippen LogP contribution in [0.5, 0.6) is 5.75 Å². The van der Waals surface area contributed by atoms with Crippen molar-refractivity contribution in [1.82, 2.24) is 10.2 Å². The van der Waals surface area contributed by atoms with E-state index in [1.807, 2.05) is 0 Å². The first kappa shape index (κ1) is 18.4. The van der Waals surface area contributed by atoms with E-state index in [1.165, 1.54) is 0 Å². The number of nitrogens with zero attached hydrogens (tertiary/aromatic N) is 1. The molecule has 0 bridgehead atoms. The van der Waals surface area contributed by atoms with Crippen molar-refractivity contribution in [2.75, 3.05) is 19.6 Å². The Labute approximate surface area is 140 Å². The van der Waals surface area contributed by atoms with Gasteiger partial charge in [0.1, 0.15) is 11.4 Å². The molecule has 0 spiro atoms. The van der Waals surface area contributed by atoms with Crippen molar-refractivity contribution in [3.8, 4) is 5.75 Å². The molecule has 0 saturated carbocycles. The molecule has 24 heavy (non-hydrogen) atoms. The van der Waals surface area contributed by atoms with Crippen LogP contribution in [0.1, 0.15) is 37.9 Å². The van der Waals surface area contributed by atoms with Crippen LogP contribution in [0.3, 0.4) is 0 Å². The maximum atomic E-state index is 12.7. The van der Waals surface area contributed by atoms with Gasteiger partial charge in [-0.3, -0.25) is 0 Å². The zero-order valence-corrected chi connectivity index (χ0v) is 14.4. The van der Waals surface area contributed by atoms with Crippen LogP contribution in [0.25, 0.3) is 0 Å². The zero-order valence-electron chi connectivity index (χ0n) is 14.4. The monoisotopic (exact) mass is 342 g/mol. The Hall–Kier alpha value is -1.89. The number of nitrogens with one attached hydrogen (secondary N) is 1. The van der Waals surface area contributed by atoms with Gasteiger partial charge < -0.3 is 19.7 Å². The van der Waals surface area contributed by atoms with Crippen molar-refractivity contribution in [3.63, 3.8) is 0 Å². The van der Waals surface area contributed by atoms with E-state index in [1.54, 1.807) is 50.8 Å². The summed E-state index contributed by atoms with van der Waals surface area (Å²) >= 11 is 0. The Bertz CT molecular complexity index is 588. The Kier molecular flexibility index (Phi) is 5.64. The fraction of sp³-hybridized carbons (Fsp3) is 0.588. The number of carbonyl (C=O) groups is 1. The summed E-state index contributed by atoms with van der Waals surface area (Å²) in [5.41, 5.74) is 0.664. The summed E-state index contributed by atoms with van der Waals surface area (Å²) in [6.45, 7) is 5.62. The highest BCUT2D eigenvalue weighted by Crippen LogP contribution is 2.32. The highest BCUT2D eigenvalue weighted by atomic mass is 19.3. The third-order valence-electron chi connectivity index (χ3n) is 3.65. The summed E-state index contributed by atoms with van der Waals surface area (Å²) in [5, 5.41) is 3.25. The largest absolute Gasteiger partial charge is 0.444 e. The molecule has 7 heteroatoms. The van der Waals surface area contributed by atoms with E-state index in [0.29, 0.717) is 30.8 Å². The summed E-state index contributed by atoms with van der Waals surface area (Å²) in [6, 6.07) is 4.95. The number of benzene rings is 1. The van der Waals surface area contributed by atoms with Crippen molar-refractivity contribution < 1.29 is 23.0 Å². The summed E-state index contributed by atoms with van der Waals surface area (Å²) < 4.78 is 35.5. The predicted molar refractivity (Wildman–Crippen MR) is 86.4 cm³/mol. The second-order valence-corrected chi connectivity index (χ2v) is 6.80. The van der Waals surface area contributed by atoms with Crippen LogP contribution < -0.4 is 10.1 Å². The summed E-state index contributed by atoms with van der Waals surface area (Å²) in [7, 11) is 0. The van der Waals surface area contributed by atoms with Gasteiger partial charge in [-0.05, 0) is 33.3 Å². The summed E-state index contributed by atoms with van der Waals surface area (Å²) in [4.78, 5) is 13.8. The molecule has 0 aliphatic carbocycles. The SMILES string of the molecule is Cc1cccc(C2CN(C(=O)OC(C)(C)C)CCN2)c1OC(F)F. The molecule has 1 aromatic rings. The van der Waals surface area contributed by atoms with Gasteiger partial charge >= 0.3 is 12.7 Å². The van der Waals surface area contributed by atoms with Gasteiger partial charge in [0.15, 0.2) is 0 Å². The minimum atomic E-state index is -2.89. The highest BCUT2D eigenvalue weighted by Gasteiger charge is 2.30. The minimum Gasteiger partial charge on any atom is -0.444 e. The molecule has 1 N–H and O–H groups in total. The number of carbonyl (C=O) groups excluding carboxylic acids is 1. The van der Waals surface area contributed by atoms with Crippen molar-refractivity contribution >= 4 is 6.09 Å². The molecule has 1 aliphatic heterocycles. The Balaban J connectivity index is 2.18. The molecule has 1 fully saturated rings. The lowest BCUT2D eigenvalue weighted by molar-refractivity contribution is -0.0514. The van der Waals surface area contributed by atoms with Gasteiger partial charge in [0, 0.05) is 25.2 Å². The number of alkyl halides is 2. The van der Waals surface area contributed by atoms with Crippen LogP contribution in [0, 0.1) is 6.92 Å². The number of para-hydroxylation sites is 1. The van der Waals surface area contributed by atoms with Crippen molar-refractivity contribution in [1.29, 1.82) is 0 Å². The molecule has 1 aliphatic rings. The number of hydrogen-bond acceptors (Lipinski definition) is 4. The maximum Gasteiger partial charge on any atom is 0.410 e. The Morgan fingerprint density at radius 2 is 2.08 bits per heavy atom. The lowest BCUT2D eigenvalue weighted by Crippen LogP contribution is -2.49. The van der Waals surface area contributed by atoms with Crippen LogP contribution in [0.2, 0.25) is 0 Å². The zero-order chi connectivity index (χ0) is 17.9. The van der Waals surface area contributed by atoms with Crippen molar-refractivity contribution in [2.45, 2.75) is 45.9 Å². The van der Waals surface area contributed by atoms with Gasteiger partial charge in [-0.25, -0.2) is 4.79 Å². The van der Waals surface area contributed by atoms with Crippen LogP contribution in [-0.2, 0) is 4.74 Å². The lowest BCUT2D eigenvalue weighted by Gasteiger charge is -2.35. The van der Waals surface area contributed by atoms with E-state index in [4.69, 9.17) is 9.47 Å². The van der Waals surface area contributed by atoms with Crippen LogP contribution in [0.15, 0.2) is 18.2 Å². The highest BCUT2D eigenvalue weighted by molar-refractivity contribution is 5.68. The average Bonchev–Trinajstić information content (AvgIpc) is 2.47. The molecule has 1 amide bonds. The average molecular weight is 342 g/mol. The second kappa shape index (κ2) is 7.34. The molecule has 5 nitrogen and oxygen atoms in total. The number of aryl methyl sites for hydroxylation is 1. The Morgan fingerprint density at radius 1 is 1.38 bits per heavy atom. The number of piperazine rings is 1. The molecule has 0 aromatic heterocycles. The standard InChI is InChI=1S/C17H24F2N2O3/c1-11-6-5-7-12(14(11)23-15(18)19)13-10-21(9-8-20-13)16(22)24-17(2,3)4/h5-7,13,15,20H,8-10H2,1-4H3. The molecule has 134 valence electrons. The molecular weight excluding hydrogens is 318 g/mol. The molecule has 1 atom stereocenters. The quantitative estimate of drug-likeness (QED) is 0.914. The molecule has 1 heterocycles. The fourth-order valence-electron chi connectivity index (χ4n) is 2.65. The first-order valence-electron chi connectivity index (χ1n) is 7.93. The fourth-order valence-corrected chi connectivity index (χ4v) is 2.65. The third kappa shape index (κ3) is 4.80. The smallest absolute Gasteiger partial charge is 0.410 e. The van der Waals surface area contributed by atoms with Gasteiger partial charge in [0.05, 0.1) is 6.04 Å². The van der Waals surface area contributed by atoms with Crippen LogP contribution >= 0.6 is 0 Å². The van der Waals surface area contributed by atoms with E-state index in [-0.39, 0.29) is 11.8 Å². The van der Waals surface area contributed by atoms with E-state index in [0.717, 1.165) is 0 Å². The van der Waals surface area contributed by atoms with E-state index < -0.39 is 18.3 Å². The maximum absolute atomic E-state index is 12.7. The van der Waals surface area contributed by atoms with E-state index in [9.17, 15) is 13.6 Å². The summed E-state index contributed by atoms with van der Waals surface area (Å²) in [5.74, 6) is 0.163. The van der Waals surface area contributed by atoms with Crippen molar-refractivity contribution in [3.05, 3.63) is 29.3 Å². The first-order chi connectivity index (χ1) is 11.2. The van der Waals surface area contributed by atoms with E-state index in [2.05, 4.69) is 5.32 Å². The molecule has 1 saturated heterocycles. The first-order valence-corrected chi connectivity index (χ1v) is 7.93.